The van der Waals surface area contributed by atoms with Crippen LogP contribution < -0.4 is 25.2 Å². The van der Waals surface area contributed by atoms with Crippen LogP contribution in [0.25, 0.3) is 0 Å². The van der Waals surface area contributed by atoms with Crippen LogP contribution in [0.1, 0.15) is 51.2 Å². The van der Waals surface area contributed by atoms with Crippen LogP contribution >= 0.6 is 0 Å². The van der Waals surface area contributed by atoms with E-state index in [1.165, 1.54) is 12.1 Å². The minimum Gasteiger partial charge on any atom is -0.506 e. The van der Waals surface area contributed by atoms with E-state index in [0.29, 0.717) is 12.1 Å². The number of urea groups is 1. The molecule has 232 valence electrons. The number of nitrogens with zero attached hydrogens (tertiary/aromatic N) is 2. The summed E-state index contributed by atoms with van der Waals surface area (Å²) >= 11 is 0. The summed E-state index contributed by atoms with van der Waals surface area (Å²) in [6.07, 6.45) is 3.61. The highest BCUT2D eigenvalue weighted by atomic mass is 32.2. The molecule has 0 aliphatic carbocycles. The van der Waals surface area contributed by atoms with Gasteiger partial charge in [0, 0.05) is 43.6 Å². The number of anilines is 3. The molecule has 1 saturated heterocycles. The summed E-state index contributed by atoms with van der Waals surface area (Å²) in [5.41, 5.74) is 2.32. The highest BCUT2D eigenvalue weighted by molar-refractivity contribution is 7.92. The van der Waals surface area contributed by atoms with Crippen molar-refractivity contribution < 1.29 is 33.0 Å². The number of carbonyl (C=O) groups excluding carboxylic acids is 2. The number of esters is 1. The number of phenolic OH excluding ortho intramolecular Hbond substituents is 1. The molecule has 0 bridgehead atoms. The fraction of sp³-hybridized carbons (Fsp3) is 0.517. The molecule has 1 heterocycles. The second kappa shape index (κ2) is 15.6. The molecule has 1 aliphatic heterocycles. The molecule has 0 radical (unpaired) electrons. The Morgan fingerprint density at radius 3 is 2.43 bits per heavy atom. The van der Waals surface area contributed by atoms with Crippen LogP contribution in [0.5, 0.6) is 5.75 Å². The van der Waals surface area contributed by atoms with E-state index in [9.17, 15) is 28.2 Å². The van der Waals surface area contributed by atoms with E-state index in [0.717, 1.165) is 56.4 Å². The lowest BCUT2D eigenvalue weighted by molar-refractivity contribution is -0.141. The fourth-order valence-electron chi connectivity index (χ4n) is 4.74. The molecular formula is C29H43N5O7S. The summed E-state index contributed by atoms with van der Waals surface area (Å²) in [5, 5.41) is 26.6. The number of rotatable bonds is 14. The van der Waals surface area contributed by atoms with Gasteiger partial charge < -0.3 is 30.5 Å². The molecule has 5 N–H and O–H groups in total. The number of ether oxygens (including phenoxy) is 1. The normalized spacial score (nSPS) is 14.7. The molecule has 1 fully saturated rings. The summed E-state index contributed by atoms with van der Waals surface area (Å²) in [4.78, 5) is 28.4. The molecule has 2 amide bonds. The molecule has 12 nitrogen and oxygen atoms in total. The minimum absolute atomic E-state index is 0.0270. The van der Waals surface area contributed by atoms with Gasteiger partial charge in [-0.05, 0) is 68.1 Å². The summed E-state index contributed by atoms with van der Waals surface area (Å²) in [6.45, 7) is 6.31. The third kappa shape index (κ3) is 10.1. The first kappa shape index (κ1) is 33.0. The number of aromatic hydroxyl groups is 1. The van der Waals surface area contributed by atoms with Crippen molar-refractivity contribution in [3.63, 3.8) is 0 Å². The monoisotopic (exact) mass is 605 g/mol. The van der Waals surface area contributed by atoms with Gasteiger partial charge in [0.05, 0.1) is 24.7 Å². The van der Waals surface area contributed by atoms with E-state index < -0.39 is 22.1 Å². The van der Waals surface area contributed by atoms with Crippen LogP contribution in [0, 0.1) is 0 Å². The topological polar surface area (TPSA) is 161 Å². The smallest absolute Gasteiger partial charge is 0.325 e. The average Bonchev–Trinajstić information content (AvgIpc) is 2.96. The Morgan fingerprint density at radius 2 is 1.81 bits per heavy atom. The predicted molar refractivity (Wildman–Crippen MR) is 163 cm³/mol. The van der Waals surface area contributed by atoms with E-state index in [4.69, 9.17) is 4.74 Å². The zero-order valence-corrected chi connectivity index (χ0v) is 25.3. The van der Waals surface area contributed by atoms with Gasteiger partial charge in [0.1, 0.15) is 12.3 Å². The standard InChI is InChI=1S/C29H43N5O7S/c1-4-6-15-34(29(38)31-20-28(37)41-5-2)24-10-8-23(9-11-24)33-16-13-22(14-17-33)30-19-27(36)21-7-12-26(35)25(18-21)32-42(3,39)40/h7-12,18,22,27,30,32,35-36H,4-6,13-17,19-20H2,1-3H3,(H,31,38)/t27-/m0/s1. The van der Waals surface area contributed by atoms with Crippen molar-refractivity contribution in [3.8, 4) is 5.75 Å². The van der Waals surface area contributed by atoms with Gasteiger partial charge in [0.25, 0.3) is 0 Å². The Morgan fingerprint density at radius 1 is 1.12 bits per heavy atom. The Kier molecular flexibility index (Phi) is 12.3. The number of aliphatic hydroxyl groups excluding tert-OH is 1. The molecule has 0 spiro atoms. The van der Waals surface area contributed by atoms with Crippen molar-refractivity contribution in [1.29, 1.82) is 0 Å². The molecule has 2 aromatic rings. The van der Waals surface area contributed by atoms with Gasteiger partial charge in [-0.2, -0.15) is 0 Å². The second-order valence-electron chi connectivity index (χ2n) is 10.3. The van der Waals surface area contributed by atoms with E-state index in [1.807, 2.05) is 24.3 Å². The first-order chi connectivity index (χ1) is 20.0. The van der Waals surface area contributed by atoms with Crippen molar-refractivity contribution in [3.05, 3.63) is 48.0 Å². The zero-order valence-electron chi connectivity index (χ0n) is 24.5. The number of amides is 2. The lowest BCUT2D eigenvalue weighted by Gasteiger charge is -2.34. The molecule has 3 rings (SSSR count). The van der Waals surface area contributed by atoms with Gasteiger partial charge in [-0.1, -0.05) is 19.4 Å². The third-order valence-electron chi connectivity index (χ3n) is 6.99. The molecular weight excluding hydrogens is 562 g/mol. The van der Waals surface area contributed by atoms with Crippen LogP contribution in [0.15, 0.2) is 42.5 Å². The Balaban J connectivity index is 1.52. The molecule has 13 heteroatoms. The van der Waals surface area contributed by atoms with Gasteiger partial charge >= 0.3 is 12.0 Å². The zero-order chi connectivity index (χ0) is 30.7. The second-order valence-corrected chi connectivity index (χ2v) is 12.1. The summed E-state index contributed by atoms with van der Waals surface area (Å²) in [7, 11) is -3.57. The van der Waals surface area contributed by atoms with Crippen LogP contribution in [-0.4, -0.2) is 82.3 Å². The molecule has 2 aromatic carbocycles. The molecule has 0 saturated carbocycles. The highest BCUT2D eigenvalue weighted by Crippen LogP contribution is 2.28. The summed E-state index contributed by atoms with van der Waals surface area (Å²) in [6, 6.07) is 12.0. The summed E-state index contributed by atoms with van der Waals surface area (Å²) < 4.78 is 30.2. The number of hydrogen-bond acceptors (Lipinski definition) is 9. The predicted octanol–water partition coefficient (Wildman–Crippen LogP) is 2.93. The van der Waals surface area contributed by atoms with E-state index in [2.05, 4.69) is 27.2 Å². The third-order valence-corrected chi connectivity index (χ3v) is 7.58. The van der Waals surface area contributed by atoms with Crippen molar-refractivity contribution in [1.82, 2.24) is 10.6 Å². The van der Waals surface area contributed by atoms with Crippen molar-refractivity contribution in [2.75, 3.05) is 60.1 Å². The van der Waals surface area contributed by atoms with Gasteiger partial charge in [0.2, 0.25) is 10.0 Å². The number of phenols is 1. The first-order valence-corrected chi connectivity index (χ1v) is 16.2. The lowest BCUT2D eigenvalue weighted by Crippen LogP contribution is -2.44. The van der Waals surface area contributed by atoms with E-state index in [-0.39, 0.29) is 43.2 Å². The highest BCUT2D eigenvalue weighted by Gasteiger charge is 2.22. The van der Waals surface area contributed by atoms with Crippen molar-refractivity contribution in [2.45, 2.75) is 51.7 Å². The van der Waals surface area contributed by atoms with Crippen LogP contribution in [-0.2, 0) is 19.6 Å². The molecule has 0 aromatic heterocycles. The van der Waals surface area contributed by atoms with Crippen molar-refractivity contribution in [2.24, 2.45) is 0 Å². The van der Waals surface area contributed by atoms with Gasteiger partial charge in [-0.3, -0.25) is 14.4 Å². The van der Waals surface area contributed by atoms with Gasteiger partial charge in [-0.15, -0.1) is 0 Å². The fourth-order valence-corrected chi connectivity index (χ4v) is 5.31. The number of piperidine rings is 1. The maximum Gasteiger partial charge on any atom is 0.325 e. The first-order valence-electron chi connectivity index (χ1n) is 14.3. The largest absolute Gasteiger partial charge is 0.506 e. The lowest BCUT2D eigenvalue weighted by atomic mass is 10.0. The van der Waals surface area contributed by atoms with Crippen LogP contribution in [0.4, 0.5) is 21.9 Å². The number of benzene rings is 2. The maximum absolute atomic E-state index is 12.8. The number of unbranched alkanes of at least 4 members (excludes halogenated alkanes) is 1. The van der Waals surface area contributed by atoms with Gasteiger partial charge in [0.15, 0.2) is 0 Å². The number of nitrogens with one attached hydrogen (secondary N) is 3. The van der Waals surface area contributed by atoms with E-state index >= 15 is 0 Å². The number of carbonyl (C=O) groups is 2. The minimum atomic E-state index is -3.57. The van der Waals surface area contributed by atoms with E-state index in [1.54, 1.807) is 17.9 Å². The quantitative estimate of drug-likeness (QED) is 0.161. The Hall–Kier alpha value is -3.55. The van der Waals surface area contributed by atoms with Crippen LogP contribution in [0.3, 0.4) is 0 Å². The maximum atomic E-state index is 12.8. The number of hydrogen-bond donors (Lipinski definition) is 5. The van der Waals surface area contributed by atoms with Crippen LogP contribution in [0.2, 0.25) is 0 Å². The molecule has 42 heavy (non-hydrogen) atoms. The van der Waals surface area contributed by atoms with Gasteiger partial charge in [-0.25, -0.2) is 13.2 Å². The van der Waals surface area contributed by atoms with Crippen molar-refractivity contribution >= 4 is 39.1 Å². The Bertz CT molecular complexity index is 1280. The molecule has 1 atom stereocenters. The number of sulfonamides is 1. The number of aliphatic hydroxyl groups is 1. The molecule has 1 aliphatic rings. The SMILES string of the molecule is CCCCN(C(=O)NCC(=O)OCC)c1ccc(N2CCC(NC[C@H](O)c3ccc(O)c(NS(C)(=O)=O)c3)CC2)cc1. The molecule has 0 unspecified atom stereocenters. The average molecular weight is 606 g/mol. The Labute approximate surface area is 248 Å². The summed E-state index contributed by atoms with van der Waals surface area (Å²) in [5.74, 6) is -0.684.